The van der Waals surface area contributed by atoms with Gasteiger partial charge in [-0.05, 0) is 37.5 Å². The minimum Gasteiger partial charge on any atom is -0.462 e. The minimum atomic E-state index is -0.439. The fourth-order valence-electron chi connectivity index (χ4n) is 3.18. The highest BCUT2D eigenvalue weighted by atomic mass is 32.1. The van der Waals surface area contributed by atoms with Gasteiger partial charge in [0.15, 0.2) is 0 Å². The molecular weight excluding hydrogens is 364 g/mol. The predicted molar refractivity (Wildman–Crippen MR) is 104 cm³/mol. The largest absolute Gasteiger partial charge is 0.462 e. The number of esters is 1. The molecule has 1 N–H and O–H groups in total. The van der Waals surface area contributed by atoms with Gasteiger partial charge < -0.3 is 15.0 Å². The van der Waals surface area contributed by atoms with Gasteiger partial charge in [0.1, 0.15) is 5.00 Å². The molecule has 27 heavy (non-hydrogen) atoms. The van der Waals surface area contributed by atoms with E-state index >= 15 is 0 Å². The second kappa shape index (κ2) is 7.92. The van der Waals surface area contributed by atoms with Crippen molar-refractivity contribution >= 4 is 34.1 Å². The van der Waals surface area contributed by atoms with Gasteiger partial charge in [0.05, 0.1) is 18.7 Å². The summed E-state index contributed by atoms with van der Waals surface area (Å²) in [6.07, 6.45) is 0.569. The molecule has 1 aliphatic rings. The van der Waals surface area contributed by atoms with Gasteiger partial charge in [-0.2, -0.15) is 0 Å². The Morgan fingerprint density at radius 2 is 2.00 bits per heavy atom. The number of thiophene rings is 1. The average molecular weight is 386 g/mol. The fraction of sp³-hybridized carbons (Fsp3) is 0.350. The van der Waals surface area contributed by atoms with Crippen molar-refractivity contribution in [2.75, 3.05) is 18.5 Å². The Kier molecular flexibility index (Phi) is 5.60. The van der Waals surface area contributed by atoms with Crippen LogP contribution in [0.4, 0.5) is 5.00 Å². The summed E-state index contributed by atoms with van der Waals surface area (Å²) in [4.78, 5) is 39.6. The molecule has 0 aliphatic carbocycles. The molecule has 0 saturated heterocycles. The van der Waals surface area contributed by atoms with Gasteiger partial charge in [-0.15, -0.1) is 11.3 Å². The first-order valence-electron chi connectivity index (χ1n) is 8.86. The third-order valence-corrected chi connectivity index (χ3v) is 5.73. The van der Waals surface area contributed by atoms with Crippen LogP contribution in [0.25, 0.3) is 0 Å². The normalized spacial score (nSPS) is 13.1. The van der Waals surface area contributed by atoms with E-state index in [1.54, 1.807) is 24.0 Å². The van der Waals surface area contributed by atoms with Crippen molar-refractivity contribution in [3.05, 3.63) is 51.4 Å². The molecule has 3 rings (SSSR count). The van der Waals surface area contributed by atoms with Crippen LogP contribution in [0.5, 0.6) is 0 Å². The molecule has 0 bridgehead atoms. The molecule has 0 spiro atoms. The predicted octanol–water partition coefficient (Wildman–Crippen LogP) is 3.39. The third kappa shape index (κ3) is 3.88. The number of anilines is 1. The van der Waals surface area contributed by atoms with E-state index in [9.17, 15) is 14.4 Å². The molecule has 6 nitrogen and oxygen atoms in total. The third-order valence-electron chi connectivity index (χ3n) is 4.60. The van der Waals surface area contributed by atoms with Crippen molar-refractivity contribution < 1.29 is 19.1 Å². The summed E-state index contributed by atoms with van der Waals surface area (Å²) in [5.74, 6) is -0.704. The van der Waals surface area contributed by atoms with Crippen LogP contribution < -0.4 is 5.32 Å². The van der Waals surface area contributed by atoms with E-state index in [-0.39, 0.29) is 18.4 Å². The zero-order valence-corrected chi connectivity index (χ0v) is 16.4. The smallest absolute Gasteiger partial charge is 0.341 e. The maximum Gasteiger partial charge on any atom is 0.341 e. The van der Waals surface area contributed by atoms with E-state index in [2.05, 4.69) is 5.32 Å². The van der Waals surface area contributed by atoms with Gasteiger partial charge in [-0.1, -0.05) is 18.2 Å². The highest BCUT2D eigenvalue weighted by Gasteiger charge is 2.30. The number of benzene rings is 1. The summed E-state index contributed by atoms with van der Waals surface area (Å²) < 4.78 is 5.21. The summed E-state index contributed by atoms with van der Waals surface area (Å²) in [6, 6.07) is 7.29. The summed E-state index contributed by atoms with van der Waals surface area (Å²) in [6.45, 7) is 6.41. The van der Waals surface area contributed by atoms with Crippen LogP contribution >= 0.6 is 11.3 Å². The molecule has 1 aliphatic heterocycles. The number of aryl methyl sites for hydroxylation is 1. The molecule has 0 fully saturated rings. The zero-order chi connectivity index (χ0) is 19.6. The first-order valence-corrected chi connectivity index (χ1v) is 9.68. The molecule has 0 radical (unpaired) electrons. The number of carbonyl (C=O) groups excluding carboxylic acids is 3. The Morgan fingerprint density at radius 3 is 2.67 bits per heavy atom. The molecular formula is C20H22N2O4S. The first kappa shape index (κ1) is 19.1. The van der Waals surface area contributed by atoms with Crippen LogP contribution in [0.3, 0.4) is 0 Å². The number of nitrogens with zero attached hydrogens (tertiary/aromatic N) is 1. The molecule has 2 aromatic rings. The molecule has 142 valence electrons. The maximum atomic E-state index is 12.7. The van der Waals surface area contributed by atoms with E-state index in [1.807, 2.05) is 19.1 Å². The Balaban J connectivity index is 1.97. The molecule has 0 unspecified atom stereocenters. The SMILES string of the molecule is CCOC(=O)c1c(NC(=O)c2ccccc2C)sc2c1CCN(C(C)=O)C2. The number of nitrogens with one attached hydrogen (secondary N) is 1. The monoisotopic (exact) mass is 386 g/mol. The number of fused-ring (bicyclic) bond motifs is 1. The Morgan fingerprint density at radius 1 is 1.26 bits per heavy atom. The number of ether oxygens (including phenoxy) is 1. The lowest BCUT2D eigenvalue weighted by atomic mass is 10.0. The fourth-order valence-corrected chi connectivity index (χ4v) is 4.42. The van der Waals surface area contributed by atoms with Gasteiger partial charge in [-0.3, -0.25) is 9.59 Å². The van der Waals surface area contributed by atoms with Crippen molar-refractivity contribution in [1.29, 1.82) is 0 Å². The van der Waals surface area contributed by atoms with Crippen LogP contribution in [-0.2, 0) is 22.5 Å². The van der Waals surface area contributed by atoms with E-state index in [1.165, 1.54) is 18.3 Å². The second-order valence-corrected chi connectivity index (χ2v) is 7.49. The molecule has 2 amide bonds. The lowest BCUT2D eigenvalue weighted by Crippen LogP contribution is -2.34. The molecule has 0 saturated carbocycles. The van der Waals surface area contributed by atoms with E-state index in [0.29, 0.717) is 35.6 Å². The summed E-state index contributed by atoms with van der Waals surface area (Å²) in [7, 11) is 0. The van der Waals surface area contributed by atoms with Crippen molar-refractivity contribution in [2.45, 2.75) is 33.7 Å². The first-order chi connectivity index (χ1) is 12.9. The summed E-state index contributed by atoms with van der Waals surface area (Å²) in [5, 5.41) is 3.37. The Hall–Kier alpha value is -2.67. The number of amides is 2. The van der Waals surface area contributed by atoms with Crippen molar-refractivity contribution in [3.8, 4) is 0 Å². The number of rotatable bonds is 4. The summed E-state index contributed by atoms with van der Waals surface area (Å²) in [5.41, 5.74) is 2.71. The standard InChI is InChI=1S/C20H22N2O4S/c1-4-26-20(25)17-15-9-10-22(13(3)23)11-16(15)27-19(17)21-18(24)14-8-6-5-7-12(14)2/h5-8H,4,9-11H2,1-3H3,(H,21,24). The summed E-state index contributed by atoms with van der Waals surface area (Å²) >= 11 is 1.34. The number of hydrogen-bond donors (Lipinski definition) is 1. The van der Waals surface area contributed by atoms with Gasteiger partial charge in [0.25, 0.3) is 5.91 Å². The van der Waals surface area contributed by atoms with Crippen molar-refractivity contribution in [2.24, 2.45) is 0 Å². The average Bonchev–Trinajstić information content (AvgIpc) is 2.99. The van der Waals surface area contributed by atoms with Crippen molar-refractivity contribution in [3.63, 3.8) is 0 Å². The van der Waals surface area contributed by atoms with E-state index in [4.69, 9.17) is 4.74 Å². The lowest BCUT2D eigenvalue weighted by Gasteiger charge is -2.25. The zero-order valence-electron chi connectivity index (χ0n) is 15.6. The van der Waals surface area contributed by atoms with Crippen LogP contribution in [0.15, 0.2) is 24.3 Å². The van der Waals surface area contributed by atoms with Crippen LogP contribution in [0.2, 0.25) is 0 Å². The maximum absolute atomic E-state index is 12.7. The van der Waals surface area contributed by atoms with Gasteiger partial charge in [-0.25, -0.2) is 4.79 Å². The van der Waals surface area contributed by atoms with Gasteiger partial charge in [0.2, 0.25) is 5.91 Å². The van der Waals surface area contributed by atoms with Crippen LogP contribution in [0.1, 0.15) is 50.6 Å². The molecule has 0 atom stereocenters. The second-order valence-electron chi connectivity index (χ2n) is 6.39. The highest BCUT2D eigenvalue weighted by molar-refractivity contribution is 7.17. The Bertz CT molecular complexity index is 903. The van der Waals surface area contributed by atoms with Crippen molar-refractivity contribution in [1.82, 2.24) is 4.90 Å². The van der Waals surface area contributed by atoms with E-state index < -0.39 is 5.97 Å². The highest BCUT2D eigenvalue weighted by Crippen LogP contribution is 2.38. The van der Waals surface area contributed by atoms with Crippen LogP contribution in [0, 0.1) is 6.92 Å². The molecule has 1 aromatic heterocycles. The van der Waals surface area contributed by atoms with Gasteiger partial charge >= 0.3 is 5.97 Å². The number of hydrogen-bond acceptors (Lipinski definition) is 5. The van der Waals surface area contributed by atoms with Crippen LogP contribution in [-0.4, -0.2) is 35.8 Å². The molecule has 7 heteroatoms. The lowest BCUT2D eigenvalue weighted by molar-refractivity contribution is -0.129. The number of carbonyl (C=O) groups is 3. The molecule has 1 aromatic carbocycles. The molecule has 2 heterocycles. The van der Waals surface area contributed by atoms with E-state index in [0.717, 1.165) is 16.0 Å². The Labute approximate surface area is 162 Å². The van der Waals surface area contributed by atoms with Gasteiger partial charge in [0, 0.05) is 23.9 Å². The quantitative estimate of drug-likeness (QED) is 0.818. The minimum absolute atomic E-state index is 0.00256. The topological polar surface area (TPSA) is 75.7 Å².